The Balaban J connectivity index is 3.00. The molecule has 0 aliphatic heterocycles. The molecule has 0 aliphatic carbocycles. The summed E-state index contributed by atoms with van der Waals surface area (Å²) in [6.07, 6.45) is 0.949. The second-order valence-electron chi connectivity index (χ2n) is 3.44. The maximum Gasteiger partial charge on any atom is 0.127 e. The first-order valence-corrected chi connectivity index (χ1v) is 4.87. The second-order valence-corrected chi connectivity index (χ2v) is 3.44. The number of hydrogen-bond donors (Lipinski definition) is 0. The van der Waals surface area contributed by atoms with Crippen molar-refractivity contribution in [3.8, 4) is 5.75 Å². The van der Waals surface area contributed by atoms with E-state index >= 15 is 0 Å². The van der Waals surface area contributed by atoms with Crippen LogP contribution in [0.25, 0.3) is 0 Å². The zero-order valence-corrected chi connectivity index (χ0v) is 8.91. The molecule has 1 aromatic carbocycles. The van der Waals surface area contributed by atoms with Crippen LogP contribution in [0, 0.1) is 6.92 Å². The highest BCUT2D eigenvalue weighted by Crippen LogP contribution is 2.21. The van der Waals surface area contributed by atoms with Crippen LogP contribution in [0.15, 0.2) is 18.2 Å². The molecule has 0 aliphatic rings. The number of aldehydes is 1. The van der Waals surface area contributed by atoms with Crippen LogP contribution >= 0.6 is 0 Å². The number of aryl methyl sites for hydroxylation is 1. The van der Waals surface area contributed by atoms with Gasteiger partial charge in [0.15, 0.2) is 0 Å². The highest BCUT2D eigenvalue weighted by molar-refractivity contribution is 5.62. The number of carbonyl (C=O) groups excluding carboxylic acids is 1. The van der Waals surface area contributed by atoms with Gasteiger partial charge in [-0.05, 0) is 37.1 Å². The van der Waals surface area contributed by atoms with Crippen molar-refractivity contribution in [3.05, 3.63) is 29.3 Å². The van der Waals surface area contributed by atoms with Crippen molar-refractivity contribution in [2.75, 3.05) is 6.61 Å². The normalized spacial score (nSPS) is 12.2. The minimum Gasteiger partial charge on any atom is -0.494 e. The van der Waals surface area contributed by atoms with Crippen LogP contribution in [0.3, 0.4) is 0 Å². The smallest absolute Gasteiger partial charge is 0.127 e. The van der Waals surface area contributed by atoms with Crippen LogP contribution in [0.5, 0.6) is 5.75 Å². The molecule has 1 aromatic rings. The summed E-state index contributed by atoms with van der Waals surface area (Å²) in [7, 11) is 0. The Morgan fingerprint density at radius 2 is 2.14 bits per heavy atom. The zero-order valence-electron chi connectivity index (χ0n) is 8.91. The number of hydrogen-bond acceptors (Lipinski definition) is 2. The van der Waals surface area contributed by atoms with Crippen molar-refractivity contribution >= 4 is 6.29 Å². The van der Waals surface area contributed by atoms with Crippen LogP contribution < -0.4 is 4.74 Å². The third kappa shape index (κ3) is 2.59. The maximum absolute atomic E-state index is 10.6. The Morgan fingerprint density at radius 1 is 1.43 bits per heavy atom. The molecule has 1 rings (SSSR count). The molecule has 0 N–H and O–H groups in total. The number of benzene rings is 1. The Labute approximate surface area is 84.9 Å². The van der Waals surface area contributed by atoms with Crippen LogP contribution in [0.2, 0.25) is 0 Å². The van der Waals surface area contributed by atoms with Crippen molar-refractivity contribution in [1.29, 1.82) is 0 Å². The molecule has 0 bridgehead atoms. The molecule has 0 spiro atoms. The van der Waals surface area contributed by atoms with Gasteiger partial charge in [-0.1, -0.05) is 13.0 Å². The highest BCUT2D eigenvalue weighted by atomic mass is 16.5. The summed E-state index contributed by atoms with van der Waals surface area (Å²) in [6, 6.07) is 5.92. The average molecular weight is 192 g/mol. The van der Waals surface area contributed by atoms with Gasteiger partial charge < -0.3 is 9.53 Å². The van der Waals surface area contributed by atoms with Gasteiger partial charge in [-0.2, -0.15) is 0 Å². The monoisotopic (exact) mass is 192 g/mol. The molecule has 0 saturated carbocycles. The summed E-state index contributed by atoms with van der Waals surface area (Å²) in [4.78, 5) is 10.6. The molecule has 14 heavy (non-hydrogen) atoms. The van der Waals surface area contributed by atoms with Gasteiger partial charge in [0, 0.05) is 5.92 Å². The molecule has 0 fully saturated rings. The van der Waals surface area contributed by atoms with Gasteiger partial charge in [0.05, 0.1) is 6.61 Å². The lowest BCUT2D eigenvalue weighted by atomic mass is 10.0. The summed E-state index contributed by atoms with van der Waals surface area (Å²) in [6.45, 7) is 6.49. The first-order valence-electron chi connectivity index (χ1n) is 4.87. The number of carbonyl (C=O) groups is 1. The van der Waals surface area contributed by atoms with E-state index in [1.54, 1.807) is 0 Å². The van der Waals surface area contributed by atoms with Crippen molar-refractivity contribution in [1.82, 2.24) is 0 Å². The van der Waals surface area contributed by atoms with E-state index in [1.165, 1.54) is 0 Å². The fourth-order valence-corrected chi connectivity index (χ4v) is 1.37. The molecule has 0 aromatic heterocycles. The highest BCUT2D eigenvalue weighted by Gasteiger charge is 2.06. The Morgan fingerprint density at radius 3 is 2.71 bits per heavy atom. The lowest BCUT2D eigenvalue weighted by Crippen LogP contribution is -1.98. The first-order chi connectivity index (χ1) is 6.67. The van der Waals surface area contributed by atoms with Gasteiger partial charge in [0.25, 0.3) is 0 Å². The van der Waals surface area contributed by atoms with Gasteiger partial charge in [0.2, 0.25) is 0 Å². The molecular weight excluding hydrogens is 176 g/mol. The van der Waals surface area contributed by atoms with Gasteiger partial charge in [-0.3, -0.25) is 0 Å². The molecular formula is C12H16O2. The molecule has 1 atom stereocenters. The summed E-state index contributed by atoms with van der Waals surface area (Å²) in [5.74, 6) is 0.783. The Bertz CT molecular complexity index is 318. The zero-order chi connectivity index (χ0) is 10.6. The largest absolute Gasteiger partial charge is 0.494 e. The van der Waals surface area contributed by atoms with E-state index < -0.39 is 0 Å². The summed E-state index contributed by atoms with van der Waals surface area (Å²) in [5.41, 5.74) is 2.14. The van der Waals surface area contributed by atoms with E-state index in [9.17, 15) is 4.79 Å². The van der Waals surface area contributed by atoms with Crippen LogP contribution in [-0.4, -0.2) is 12.9 Å². The molecule has 0 radical (unpaired) electrons. The van der Waals surface area contributed by atoms with E-state index in [4.69, 9.17) is 4.74 Å². The molecule has 0 amide bonds. The Kier molecular flexibility index (Phi) is 3.69. The SMILES string of the molecule is CCOc1cc(C)cc(C(C)C=O)c1. The number of rotatable bonds is 4. The fourth-order valence-electron chi connectivity index (χ4n) is 1.37. The van der Waals surface area contributed by atoms with E-state index in [2.05, 4.69) is 0 Å². The molecule has 0 heterocycles. The van der Waals surface area contributed by atoms with E-state index in [0.717, 1.165) is 23.2 Å². The van der Waals surface area contributed by atoms with Crippen LogP contribution in [0.1, 0.15) is 30.9 Å². The van der Waals surface area contributed by atoms with Crippen molar-refractivity contribution in [3.63, 3.8) is 0 Å². The Hall–Kier alpha value is -1.31. The maximum atomic E-state index is 10.6. The molecule has 1 unspecified atom stereocenters. The average Bonchev–Trinajstić information content (AvgIpc) is 2.16. The topological polar surface area (TPSA) is 26.3 Å². The quantitative estimate of drug-likeness (QED) is 0.685. The molecule has 2 heteroatoms. The van der Waals surface area contributed by atoms with E-state index in [1.807, 2.05) is 39.0 Å². The van der Waals surface area contributed by atoms with Crippen LogP contribution in [-0.2, 0) is 4.79 Å². The van der Waals surface area contributed by atoms with Crippen LogP contribution in [0.4, 0.5) is 0 Å². The third-order valence-corrected chi connectivity index (χ3v) is 2.11. The number of ether oxygens (including phenoxy) is 1. The van der Waals surface area contributed by atoms with Gasteiger partial charge in [-0.15, -0.1) is 0 Å². The molecule has 76 valence electrons. The van der Waals surface area contributed by atoms with Gasteiger partial charge >= 0.3 is 0 Å². The fraction of sp³-hybridized carbons (Fsp3) is 0.417. The summed E-state index contributed by atoms with van der Waals surface area (Å²) < 4.78 is 5.41. The van der Waals surface area contributed by atoms with Crippen molar-refractivity contribution < 1.29 is 9.53 Å². The first kappa shape index (κ1) is 10.8. The lowest BCUT2D eigenvalue weighted by molar-refractivity contribution is -0.108. The van der Waals surface area contributed by atoms with E-state index in [-0.39, 0.29) is 5.92 Å². The minimum atomic E-state index is -0.0610. The summed E-state index contributed by atoms with van der Waals surface area (Å²) >= 11 is 0. The second kappa shape index (κ2) is 4.80. The molecule has 2 nitrogen and oxygen atoms in total. The van der Waals surface area contributed by atoms with Gasteiger partial charge in [0.1, 0.15) is 12.0 Å². The van der Waals surface area contributed by atoms with Crippen molar-refractivity contribution in [2.45, 2.75) is 26.7 Å². The standard InChI is InChI=1S/C12H16O2/c1-4-14-12-6-9(2)5-11(7-12)10(3)8-13/h5-8,10H,4H2,1-3H3. The predicted molar refractivity (Wildman–Crippen MR) is 56.8 cm³/mol. The lowest BCUT2D eigenvalue weighted by Gasteiger charge is -2.09. The van der Waals surface area contributed by atoms with E-state index in [0.29, 0.717) is 6.61 Å². The van der Waals surface area contributed by atoms with Crippen molar-refractivity contribution in [2.24, 2.45) is 0 Å². The molecule has 0 saturated heterocycles. The predicted octanol–water partition coefficient (Wildman–Crippen LogP) is 2.70. The summed E-state index contributed by atoms with van der Waals surface area (Å²) in [5, 5.41) is 0. The minimum absolute atomic E-state index is 0.0610. The third-order valence-electron chi connectivity index (χ3n) is 2.11. The van der Waals surface area contributed by atoms with Gasteiger partial charge in [-0.25, -0.2) is 0 Å².